The molecule has 1 aromatic rings. The average molecular weight is 361 g/mol. The first-order valence-electron chi connectivity index (χ1n) is 9.34. The highest BCUT2D eigenvalue weighted by Crippen LogP contribution is 2.36. The van der Waals surface area contributed by atoms with Crippen molar-refractivity contribution in [3.05, 3.63) is 35.9 Å². The number of benzene rings is 1. The quantitative estimate of drug-likeness (QED) is 0.548. The van der Waals surface area contributed by atoms with Gasteiger partial charge in [0.15, 0.2) is 12.1 Å². The molecule has 2 saturated heterocycles. The Labute approximate surface area is 154 Å². The van der Waals surface area contributed by atoms with E-state index < -0.39 is 11.4 Å². The Balaban J connectivity index is 1.66. The van der Waals surface area contributed by atoms with Crippen LogP contribution in [-0.4, -0.2) is 55.9 Å². The van der Waals surface area contributed by atoms with Crippen molar-refractivity contribution in [3.8, 4) is 0 Å². The number of ketones is 1. The van der Waals surface area contributed by atoms with Crippen molar-refractivity contribution in [1.29, 1.82) is 0 Å². The van der Waals surface area contributed by atoms with Crippen LogP contribution in [0.5, 0.6) is 0 Å². The summed E-state index contributed by atoms with van der Waals surface area (Å²) in [6, 6.07) is 10.1. The summed E-state index contributed by atoms with van der Waals surface area (Å²) in [6.45, 7) is 4.83. The van der Waals surface area contributed by atoms with Crippen LogP contribution in [0, 0.1) is 5.41 Å². The molecule has 26 heavy (non-hydrogen) atoms. The van der Waals surface area contributed by atoms with Gasteiger partial charge in [-0.05, 0) is 31.7 Å². The number of Topliss-reactive ketones (excluding diaryl/α,β-unsaturated/α-hetero) is 1. The fourth-order valence-electron chi connectivity index (χ4n) is 3.69. The molecule has 2 fully saturated rings. The highest BCUT2D eigenvalue weighted by Gasteiger charge is 2.49. The number of piperidine rings is 1. The molecule has 6 nitrogen and oxygen atoms in total. The number of nitrogens with zero attached hydrogens (tertiary/aromatic N) is 1. The maximum absolute atomic E-state index is 13.0. The standard InChI is InChI=1S/C20H27NO5/c1-2-24-19(23)20(9-8-18-25-12-13-26-18)10-11-21(15-17(20)22)14-16-6-4-3-5-7-16/h3-7,18H,2,8-15H2,1H3. The third kappa shape index (κ3) is 4.31. The van der Waals surface area contributed by atoms with Crippen LogP contribution in [0.3, 0.4) is 0 Å². The zero-order chi connectivity index (χ0) is 18.4. The van der Waals surface area contributed by atoms with Gasteiger partial charge in [0.2, 0.25) is 0 Å². The summed E-state index contributed by atoms with van der Waals surface area (Å²) >= 11 is 0. The summed E-state index contributed by atoms with van der Waals surface area (Å²) in [4.78, 5) is 27.8. The van der Waals surface area contributed by atoms with Crippen molar-refractivity contribution in [3.63, 3.8) is 0 Å². The molecular formula is C20H27NO5. The second-order valence-electron chi connectivity index (χ2n) is 6.88. The third-order valence-corrected chi connectivity index (χ3v) is 5.17. The van der Waals surface area contributed by atoms with Crippen LogP contribution in [-0.2, 0) is 30.3 Å². The maximum Gasteiger partial charge on any atom is 0.319 e. The van der Waals surface area contributed by atoms with E-state index in [1.807, 2.05) is 30.3 Å². The number of hydrogen-bond donors (Lipinski definition) is 0. The minimum absolute atomic E-state index is 0.0591. The predicted octanol–water partition coefficient (Wildman–Crippen LogP) is 2.16. The van der Waals surface area contributed by atoms with E-state index >= 15 is 0 Å². The van der Waals surface area contributed by atoms with Crippen LogP contribution in [0.1, 0.15) is 31.7 Å². The normalized spacial score (nSPS) is 24.7. The Morgan fingerprint density at radius 1 is 1.27 bits per heavy atom. The first-order chi connectivity index (χ1) is 12.6. The highest BCUT2D eigenvalue weighted by atomic mass is 16.7. The lowest BCUT2D eigenvalue weighted by molar-refractivity contribution is -0.165. The first kappa shape index (κ1) is 19.0. The van der Waals surface area contributed by atoms with Gasteiger partial charge in [-0.1, -0.05) is 30.3 Å². The molecule has 0 aromatic heterocycles. The Hall–Kier alpha value is -1.76. The van der Waals surface area contributed by atoms with Crippen LogP contribution in [0.25, 0.3) is 0 Å². The van der Waals surface area contributed by atoms with Crippen molar-refractivity contribution in [2.24, 2.45) is 5.41 Å². The summed E-state index contributed by atoms with van der Waals surface area (Å²) in [6.07, 6.45) is 1.10. The summed E-state index contributed by atoms with van der Waals surface area (Å²) < 4.78 is 16.2. The number of rotatable bonds is 7. The molecule has 0 radical (unpaired) electrons. The molecule has 0 amide bonds. The maximum atomic E-state index is 13.0. The number of hydrogen-bond acceptors (Lipinski definition) is 6. The van der Waals surface area contributed by atoms with Gasteiger partial charge in [0.05, 0.1) is 26.4 Å². The van der Waals surface area contributed by atoms with Gasteiger partial charge in [0.25, 0.3) is 0 Å². The SMILES string of the molecule is CCOC(=O)C1(CCC2OCCO2)CCN(Cc2ccccc2)CC1=O. The summed E-state index contributed by atoms with van der Waals surface area (Å²) in [5, 5.41) is 0. The molecule has 0 saturated carbocycles. The van der Waals surface area contributed by atoms with E-state index in [0.29, 0.717) is 45.6 Å². The van der Waals surface area contributed by atoms with E-state index in [2.05, 4.69) is 4.90 Å². The van der Waals surface area contributed by atoms with Crippen LogP contribution in [0.15, 0.2) is 30.3 Å². The van der Waals surface area contributed by atoms with Gasteiger partial charge in [-0.3, -0.25) is 14.5 Å². The number of carbonyl (C=O) groups is 2. The predicted molar refractivity (Wildman–Crippen MR) is 95.3 cm³/mol. The van der Waals surface area contributed by atoms with Crippen molar-refractivity contribution in [1.82, 2.24) is 4.90 Å². The topological polar surface area (TPSA) is 65.1 Å². The Morgan fingerprint density at radius 2 is 2.00 bits per heavy atom. The second-order valence-corrected chi connectivity index (χ2v) is 6.88. The number of likely N-dealkylation sites (tertiary alicyclic amines) is 1. The Bertz CT molecular complexity index is 614. The molecule has 0 aliphatic carbocycles. The van der Waals surface area contributed by atoms with E-state index in [1.54, 1.807) is 6.92 Å². The van der Waals surface area contributed by atoms with E-state index in [-0.39, 0.29) is 25.2 Å². The molecule has 1 unspecified atom stereocenters. The summed E-state index contributed by atoms with van der Waals surface area (Å²) in [7, 11) is 0. The molecule has 0 bridgehead atoms. The van der Waals surface area contributed by atoms with Crippen molar-refractivity contribution < 1.29 is 23.8 Å². The van der Waals surface area contributed by atoms with Crippen LogP contribution < -0.4 is 0 Å². The van der Waals surface area contributed by atoms with Crippen LogP contribution in [0.2, 0.25) is 0 Å². The lowest BCUT2D eigenvalue weighted by atomic mass is 9.73. The third-order valence-electron chi connectivity index (χ3n) is 5.17. The average Bonchev–Trinajstić information content (AvgIpc) is 3.16. The number of carbonyl (C=O) groups excluding carboxylic acids is 2. The summed E-state index contributed by atoms with van der Waals surface area (Å²) in [5.74, 6) is -0.460. The molecule has 2 aliphatic heterocycles. The minimum atomic E-state index is -1.07. The van der Waals surface area contributed by atoms with E-state index in [4.69, 9.17) is 14.2 Å². The molecule has 1 aromatic carbocycles. The van der Waals surface area contributed by atoms with Crippen LogP contribution >= 0.6 is 0 Å². The molecule has 2 aliphatic rings. The van der Waals surface area contributed by atoms with Crippen molar-refractivity contribution >= 4 is 11.8 Å². The highest BCUT2D eigenvalue weighted by molar-refractivity contribution is 6.05. The molecule has 2 heterocycles. The van der Waals surface area contributed by atoms with Crippen molar-refractivity contribution in [2.45, 2.75) is 39.0 Å². The molecule has 6 heteroatoms. The fraction of sp³-hybridized carbons (Fsp3) is 0.600. The van der Waals surface area contributed by atoms with Gasteiger partial charge in [0.1, 0.15) is 5.41 Å². The monoisotopic (exact) mass is 361 g/mol. The lowest BCUT2D eigenvalue weighted by Gasteiger charge is -2.38. The largest absolute Gasteiger partial charge is 0.465 e. The van der Waals surface area contributed by atoms with E-state index in [9.17, 15) is 9.59 Å². The van der Waals surface area contributed by atoms with Crippen LogP contribution in [0.4, 0.5) is 0 Å². The second kappa shape index (κ2) is 8.75. The fourth-order valence-corrected chi connectivity index (χ4v) is 3.69. The molecule has 0 N–H and O–H groups in total. The van der Waals surface area contributed by atoms with Gasteiger partial charge < -0.3 is 14.2 Å². The number of esters is 1. The smallest absolute Gasteiger partial charge is 0.319 e. The van der Waals surface area contributed by atoms with Gasteiger partial charge in [-0.2, -0.15) is 0 Å². The van der Waals surface area contributed by atoms with Gasteiger partial charge >= 0.3 is 5.97 Å². The van der Waals surface area contributed by atoms with E-state index in [1.165, 1.54) is 0 Å². The van der Waals surface area contributed by atoms with Gasteiger partial charge in [-0.25, -0.2) is 0 Å². The molecule has 3 rings (SSSR count). The minimum Gasteiger partial charge on any atom is -0.465 e. The van der Waals surface area contributed by atoms with Gasteiger partial charge in [0, 0.05) is 13.1 Å². The number of ether oxygens (including phenoxy) is 3. The molecule has 142 valence electrons. The zero-order valence-corrected chi connectivity index (χ0v) is 15.3. The van der Waals surface area contributed by atoms with Crippen molar-refractivity contribution in [2.75, 3.05) is 32.9 Å². The van der Waals surface area contributed by atoms with Gasteiger partial charge in [-0.15, -0.1) is 0 Å². The zero-order valence-electron chi connectivity index (χ0n) is 15.3. The molecular weight excluding hydrogens is 334 g/mol. The Morgan fingerprint density at radius 3 is 2.65 bits per heavy atom. The lowest BCUT2D eigenvalue weighted by Crippen LogP contribution is -2.52. The Kier molecular flexibility index (Phi) is 6.40. The van der Waals surface area contributed by atoms with E-state index in [0.717, 1.165) is 5.56 Å². The first-order valence-corrected chi connectivity index (χ1v) is 9.34. The molecule has 0 spiro atoms. The molecule has 1 atom stereocenters. The summed E-state index contributed by atoms with van der Waals surface area (Å²) in [5.41, 5.74) is 0.0927.